The lowest BCUT2D eigenvalue weighted by atomic mass is 10.0. The average Bonchev–Trinajstić information content (AvgIpc) is 2.99. The number of nitrogens with zero attached hydrogens (tertiary/aromatic N) is 4. The lowest BCUT2D eigenvalue weighted by Crippen LogP contribution is -2.56. The van der Waals surface area contributed by atoms with Gasteiger partial charge in [0.1, 0.15) is 6.29 Å². The number of hydrogen-bond acceptors (Lipinski definition) is 5. The Kier molecular flexibility index (Phi) is 9.89. The van der Waals surface area contributed by atoms with E-state index < -0.39 is 0 Å². The zero-order chi connectivity index (χ0) is 20.4. The lowest BCUT2D eigenvalue weighted by molar-refractivity contribution is -0.107. The van der Waals surface area contributed by atoms with Crippen molar-refractivity contribution in [1.82, 2.24) is 14.9 Å². The molecular formula is C23H40N4O. The van der Waals surface area contributed by atoms with Crippen molar-refractivity contribution >= 4 is 12.2 Å². The van der Waals surface area contributed by atoms with Gasteiger partial charge in [-0.05, 0) is 39.7 Å². The molecule has 28 heavy (non-hydrogen) atoms. The molecule has 5 heteroatoms. The molecule has 3 fully saturated rings. The molecule has 2 unspecified atom stereocenters. The van der Waals surface area contributed by atoms with Crippen molar-refractivity contribution in [3.05, 3.63) is 18.0 Å². The van der Waals surface area contributed by atoms with Crippen molar-refractivity contribution in [1.29, 1.82) is 0 Å². The van der Waals surface area contributed by atoms with Gasteiger partial charge < -0.3 is 9.69 Å². The maximum absolute atomic E-state index is 9.17. The molecule has 0 amide bonds. The number of rotatable bonds is 3. The smallest absolute Gasteiger partial charge is 0.226 e. The van der Waals surface area contributed by atoms with Crippen LogP contribution in [0.5, 0.6) is 0 Å². The van der Waals surface area contributed by atoms with Crippen LogP contribution in [0.3, 0.4) is 0 Å². The molecule has 1 aromatic rings. The van der Waals surface area contributed by atoms with E-state index in [9.17, 15) is 4.79 Å². The number of anilines is 1. The predicted molar refractivity (Wildman–Crippen MR) is 117 cm³/mol. The molecule has 0 aromatic carbocycles. The van der Waals surface area contributed by atoms with Crippen molar-refractivity contribution in [2.75, 3.05) is 18.0 Å². The van der Waals surface area contributed by atoms with Gasteiger partial charge in [-0.2, -0.15) is 0 Å². The van der Waals surface area contributed by atoms with Crippen LogP contribution in [0.15, 0.2) is 12.3 Å². The number of carbonyl (C=O) groups is 1. The van der Waals surface area contributed by atoms with Crippen molar-refractivity contribution in [2.45, 2.75) is 104 Å². The minimum absolute atomic E-state index is 0.605. The van der Waals surface area contributed by atoms with Gasteiger partial charge in [-0.3, -0.25) is 4.90 Å². The summed E-state index contributed by atoms with van der Waals surface area (Å²) in [4.78, 5) is 23.3. The summed E-state index contributed by atoms with van der Waals surface area (Å²) < 4.78 is 0. The third kappa shape index (κ3) is 6.84. The van der Waals surface area contributed by atoms with Crippen LogP contribution in [-0.2, 0) is 4.79 Å². The fourth-order valence-electron chi connectivity index (χ4n) is 4.30. The van der Waals surface area contributed by atoms with Gasteiger partial charge in [0.15, 0.2) is 0 Å². The molecule has 1 aromatic heterocycles. The normalized spacial score (nSPS) is 24.1. The largest absolute Gasteiger partial charge is 0.332 e. The molecule has 2 saturated heterocycles. The minimum atomic E-state index is 0.605. The Morgan fingerprint density at radius 1 is 1.07 bits per heavy atom. The molecule has 4 rings (SSSR count). The summed E-state index contributed by atoms with van der Waals surface area (Å²) in [6, 6.07) is 3.82. The topological polar surface area (TPSA) is 49.3 Å². The standard InChI is InChI=1S/C14H22N4.C6H12.C3H6O/c1-10(2)17-8-12-4-5-13(9-17)18(12)14-15-7-6-11(3)16-14;1-2-4-6-5-3-1;1-2-3-4/h6-7,10,12-13H,4-5,8-9H2,1-3H3;1-6H2;3H,2H2,1H3. The molecule has 3 heterocycles. The van der Waals surface area contributed by atoms with E-state index in [1.807, 2.05) is 26.1 Å². The van der Waals surface area contributed by atoms with E-state index in [1.54, 1.807) is 0 Å². The van der Waals surface area contributed by atoms with Crippen LogP contribution in [0, 0.1) is 6.92 Å². The number of aryl methyl sites for hydroxylation is 1. The lowest BCUT2D eigenvalue weighted by Gasteiger charge is -2.42. The van der Waals surface area contributed by atoms with Crippen molar-refractivity contribution < 1.29 is 4.79 Å². The van der Waals surface area contributed by atoms with Crippen LogP contribution < -0.4 is 4.90 Å². The molecule has 5 nitrogen and oxygen atoms in total. The molecule has 158 valence electrons. The van der Waals surface area contributed by atoms with Gasteiger partial charge in [-0.15, -0.1) is 0 Å². The number of carbonyl (C=O) groups excluding carboxylic acids is 1. The number of hydrogen-bond donors (Lipinski definition) is 0. The summed E-state index contributed by atoms with van der Waals surface area (Å²) in [5.74, 6) is 0.936. The first kappa shape index (κ1) is 22.8. The maximum Gasteiger partial charge on any atom is 0.226 e. The highest BCUT2D eigenvalue weighted by Gasteiger charge is 2.41. The Balaban J connectivity index is 0.000000232. The first-order chi connectivity index (χ1) is 13.6. The molecule has 1 aliphatic carbocycles. The summed E-state index contributed by atoms with van der Waals surface area (Å²) >= 11 is 0. The molecule has 0 radical (unpaired) electrons. The summed E-state index contributed by atoms with van der Waals surface area (Å²) in [5, 5.41) is 0. The van der Waals surface area contributed by atoms with E-state index in [0.29, 0.717) is 24.5 Å². The van der Waals surface area contributed by atoms with Crippen LogP contribution in [0.4, 0.5) is 5.95 Å². The second kappa shape index (κ2) is 12.2. The first-order valence-corrected chi connectivity index (χ1v) is 11.3. The van der Waals surface area contributed by atoms with Crippen LogP contribution in [0.25, 0.3) is 0 Å². The monoisotopic (exact) mass is 388 g/mol. The molecule has 1 saturated carbocycles. The van der Waals surface area contributed by atoms with E-state index in [2.05, 4.69) is 33.6 Å². The average molecular weight is 389 g/mol. The Bertz CT molecular complexity index is 548. The number of likely N-dealkylation sites (tertiary alicyclic amines) is 1. The highest BCUT2D eigenvalue weighted by atomic mass is 16.1. The highest BCUT2D eigenvalue weighted by Crippen LogP contribution is 2.33. The van der Waals surface area contributed by atoms with Gasteiger partial charge in [0, 0.05) is 49.5 Å². The third-order valence-electron chi connectivity index (χ3n) is 5.92. The Hall–Kier alpha value is -1.49. The Labute approximate surface area is 171 Å². The van der Waals surface area contributed by atoms with Crippen LogP contribution in [-0.4, -0.2) is 52.4 Å². The number of piperazine rings is 1. The minimum Gasteiger partial charge on any atom is -0.332 e. The summed E-state index contributed by atoms with van der Waals surface area (Å²) in [5.41, 5.74) is 1.06. The summed E-state index contributed by atoms with van der Waals surface area (Å²) in [6.45, 7) is 10.7. The zero-order valence-electron chi connectivity index (χ0n) is 18.4. The van der Waals surface area contributed by atoms with Gasteiger partial charge in [-0.1, -0.05) is 45.4 Å². The van der Waals surface area contributed by atoms with E-state index in [0.717, 1.165) is 31.0 Å². The van der Waals surface area contributed by atoms with Gasteiger partial charge in [-0.25, -0.2) is 9.97 Å². The molecule has 3 aliphatic rings. The van der Waals surface area contributed by atoms with Crippen LogP contribution in [0.1, 0.15) is 84.3 Å². The van der Waals surface area contributed by atoms with Gasteiger partial charge in [0.25, 0.3) is 0 Å². The van der Waals surface area contributed by atoms with Crippen LogP contribution in [0.2, 0.25) is 0 Å². The Morgan fingerprint density at radius 2 is 1.57 bits per heavy atom. The molecule has 2 atom stereocenters. The quantitative estimate of drug-likeness (QED) is 0.697. The maximum atomic E-state index is 9.17. The van der Waals surface area contributed by atoms with E-state index >= 15 is 0 Å². The van der Waals surface area contributed by atoms with Crippen molar-refractivity contribution in [3.8, 4) is 0 Å². The van der Waals surface area contributed by atoms with E-state index in [4.69, 9.17) is 0 Å². The molecule has 0 spiro atoms. The third-order valence-corrected chi connectivity index (χ3v) is 5.92. The molecule has 2 aliphatic heterocycles. The zero-order valence-corrected chi connectivity index (χ0v) is 18.4. The van der Waals surface area contributed by atoms with Crippen LogP contribution >= 0.6 is 0 Å². The second-order valence-corrected chi connectivity index (χ2v) is 8.53. The molecule has 2 bridgehead atoms. The first-order valence-electron chi connectivity index (χ1n) is 11.3. The fourth-order valence-corrected chi connectivity index (χ4v) is 4.30. The Morgan fingerprint density at radius 3 is 1.96 bits per heavy atom. The van der Waals surface area contributed by atoms with Gasteiger partial charge >= 0.3 is 0 Å². The van der Waals surface area contributed by atoms with Gasteiger partial charge in [0.05, 0.1) is 0 Å². The number of fused-ring (bicyclic) bond motifs is 2. The van der Waals surface area contributed by atoms with E-state index in [1.165, 1.54) is 51.4 Å². The summed E-state index contributed by atoms with van der Waals surface area (Å²) in [7, 11) is 0. The predicted octanol–water partition coefficient (Wildman–Crippen LogP) is 4.78. The van der Waals surface area contributed by atoms with Crippen molar-refractivity contribution in [3.63, 3.8) is 0 Å². The number of aldehydes is 1. The van der Waals surface area contributed by atoms with E-state index in [-0.39, 0.29) is 0 Å². The van der Waals surface area contributed by atoms with Gasteiger partial charge in [0.2, 0.25) is 5.95 Å². The van der Waals surface area contributed by atoms with Crippen molar-refractivity contribution in [2.24, 2.45) is 0 Å². The fraction of sp³-hybridized carbons (Fsp3) is 0.783. The molecule has 0 N–H and O–H groups in total. The molecular weight excluding hydrogens is 348 g/mol. The SMILES string of the molecule is C1CCCCC1.CCC=O.Cc1ccnc(N2C3CCC2CN(C(C)C)C3)n1. The summed E-state index contributed by atoms with van der Waals surface area (Å²) in [6.07, 6.45) is 15.0. The second-order valence-electron chi connectivity index (χ2n) is 8.53. The number of aromatic nitrogens is 2. The highest BCUT2D eigenvalue weighted by molar-refractivity contribution is 5.48.